The van der Waals surface area contributed by atoms with Gasteiger partial charge in [-0.15, -0.1) is 0 Å². The Kier molecular flexibility index (Phi) is 5.32. The SMILES string of the molecule is CN(C(=O)C1CCCN1C(=O)OC(C)(C)C)C1CCCNC1. The van der Waals surface area contributed by atoms with Gasteiger partial charge in [0.05, 0.1) is 0 Å². The van der Waals surface area contributed by atoms with Crippen LogP contribution in [0.4, 0.5) is 4.79 Å². The molecular weight excluding hydrogens is 282 g/mol. The van der Waals surface area contributed by atoms with Gasteiger partial charge in [0, 0.05) is 26.2 Å². The number of piperidine rings is 1. The molecule has 2 unspecified atom stereocenters. The van der Waals surface area contributed by atoms with Gasteiger partial charge in [-0.2, -0.15) is 0 Å². The number of likely N-dealkylation sites (N-methyl/N-ethyl adjacent to an activating group) is 1. The van der Waals surface area contributed by atoms with Gasteiger partial charge in [-0.05, 0) is 53.0 Å². The van der Waals surface area contributed by atoms with Gasteiger partial charge in [-0.1, -0.05) is 0 Å². The largest absolute Gasteiger partial charge is 0.444 e. The summed E-state index contributed by atoms with van der Waals surface area (Å²) >= 11 is 0. The van der Waals surface area contributed by atoms with E-state index in [1.807, 2.05) is 32.7 Å². The van der Waals surface area contributed by atoms with E-state index < -0.39 is 5.60 Å². The molecule has 2 atom stereocenters. The fraction of sp³-hybridized carbons (Fsp3) is 0.875. The van der Waals surface area contributed by atoms with Crippen LogP contribution in [-0.2, 0) is 9.53 Å². The van der Waals surface area contributed by atoms with E-state index in [2.05, 4.69) is 5.32 Å². The summed E-state index contributed by atoms with van der Waals surface area (Å²) in [7, 11) is 1.85. The van der Waals surface area contributed by atoms with Crippen molar-refractivity contribution in [1.82, 2.24) is 15.1 Å². The number of likely N-dealkylation sites (tertiary alicyclic amines) is 1. The lowest BCUT2D eigenvalue weighted by Crippen LogP contribution is -2.53. The summed E-state index contributed by atoms with van der Waals surface area (Å²) in [6.45, 7) is 7.99. The normalized spacial score (nSPS) is 25.9. The molecule has 0 saturated carbocycles. The predicted octanol–water partition coefficient (Wildman–Crippen LogP) is 1.60. The topological polar surface area (TPSA) is 61.9 Å². The molecule has 0 aromatic rings. The summed E-state index contributed by atoms with van der Waals surface area (Å²) in [4.78, 5) is 28.5. The first-order valence-corrected chi connectivity index (χ1v) is 8.26. The summed E-state index contributed by atoms with van der Waals surface area (Å²) in [6.07, 6.45) is 3.31. The average Bonchev–Trinajstić information content (AvgIpc) is 2.94. The van der Waals surface area contributed by atoms with Crippen molar-refractivity contribution in [2.24, 2.45) is 0 Å². The van der Waals surface area contributed by atoms with Gasteiger partial charge < -0.3 is 15.0 Å². The predicted molar refractivity (Wildman–Crippen MR) is 84.6 cm³/mol. The molecular formula is C16H29N3O3. The van der Waals surface area contributed by atoms with Crippen LogP contribution in [0.15, 0.2) is 0 Å². The Labute approximate surface area is 133 Å². The number of carbonyl (C=O) groups is 2. The maximum Gasteiger partial charge on any atom is 0.410 e. The number of nitrogens with one attached hydrogen (secondary N) is 1. The minimum absolute atomic E-state index is 0.0389. The number of hydrogen-bond donors (Lipinski definition) is 1. The maximum atomic E-state index is 12.8. The Morgan fingerprint density at radius 1 is 1.23 bits per heavy atom. The van der Waals surface area contributed by atoms with Gasteiger partial charge in [0.1, 0.15) is 11.6 Å². The van der Waals surface area contributed by atoms with Crippen molar-refractivity contribution >= 4 is 12.0 Å². The van der Waals surface area contributed by atoms with E-state index in [0.29, 0.717) is 6.54 Å². The van der Waals surface area contributed by atoms with E-state index in [1.54, 1.807) is 4.90 Å². The van der Waals surface area contributed by atoms with Crippen LogP contribution in [-0.4, -0.2) is 66.2 Å². The smallest absolute Gasteiger partial charge is 0.410 e. The molecule has 6 nitrogen and oxygen atoms in total. The number of nitrogens with zero attached hydrogens (tertiary/aromatic N) is 2. The Balaban J connectivity index is 1.99. The summed E-state index contributed by atoms with van der Waals surface area (Å²) in [5, 5.41) is 3.33. The maximum absolute atomic E-state index is 12.8. The van der Waals surface area contributed by atoms with Crippen LogP contribution in [0.1, 0.15) is 46.5 Å². The molecule has 2 fully saturated rings. The van der Waals surface area contributed by atoms with E-state index in [9.17, 15) is 9.59 Å². The van der Waals surface area contributed by atoms with Crippen LogP contribution in [0.5, 0.6) is 0 Å². The number of ether oxygens (including phenoxy) is 1. The molecule has 2 aliphatic rings. The van der Waals surface area contributed by atoms with Crippen molar-refractivity contribution in [2.45, 2.75) is 64.1 Å². The van der Waals surface area contributed by atoms with E-state index in [4.69, 9.17) is 4.74 Å². The summed E-state index contributed by atoms with van der Waals surface area (Å²) in [5.41, 5.74) is -0.535. The fourth-order valence-electron chi connectivity index (χ4n) is 3.14. The molecule has 0 radical (unpaired) electrons. The Morgan fingerprint density at radius 3 is 2.55 bits per heavy atom. The molecule has 0 aliphatic carbocycles. The molecule has 2 heterocycles. The van der Waals surface area contributed by atoms with Crippen molar-refractivity contribution in [3.63, 3.8) is 0 Å². The number of amides is 2. The molecule has 0 spiro atoms. The van der Waals surface area contributed by atoms with Gasteiger partial charge in [-0.3, -0.25) is 9.69 Å². The third-order valence-corrected chi connectivity index (χ3v) is 4.33. The van der Waals surface area contributed by atoms with Crippen LogP contribution >= 0.6 is 0 Å². The van der Waals surface area contributed by atoms with Crippen LogP contribution in [0.3, 0.4) is 0 Å². The van der Waals surface area contributed by atoms with E-state index in [1.165, 1.54) is 0 Å². The third-order valence-electron chi connectivity index (χ3n) is 4.33. The second-order valence-corrected chi connectivity index (χ2v) is 7.28. The Hall–Kier alpha value is -1.30. The average molecular weight is 311 g/mol. The quantitative estimate of drug-likeness (QED) is 0.841. The molecule has 0 aromatic carbocycles. The number of rotatable bonds is 2. The van der Waals surface area contributed by atoms with Gasteiger partial charge in [0.2, 0.25) is 5.91 Å². The first kappa shape index (κ1) is 17.1. The lowest BCUT2D eigenvalue weighted by molar-refractivity contribution is -0.137. The van der Waals surface area contributed by atoms with Crippen LogP contribution in [0, 0.1) is 0 Å². The van der Waals surface area contributed by atoms with Crippen molar-refractivity contribution in [3.05, 3.63) is 0 Å². The second-order valence-electron chi connectivity index (χ2n) is 7.28. The number of carbonyl (C=O) groups excluding carboxylic acids is 2. The van der Waals surface area contributed by atoms with Crippen LogP contribution in [0.2, 0.25) is 0 Å². The first-order valence-electron chi connectivity index (χ1n) is 8.26. The van der Waals surface area contributed by atoms with Crippen molar-refractivity contribution in [1.29, 1.82) is 0 Å². The van der Waals surface area contributed by atoms with Crippen molar-refractivity contribution < 1.29 is 14.3 Å². The third kappa shape index (κ3) is 4.12. The molecule has 0 bridgehead atoms. The molecule has 6 heteroatoms. The van der Waals surface area contributed by atoms with Gasteiger partial charge in [-0.25, -0.2) is 4.79 Å². The molecule has 2 saturated heterocycles. The van der Waals surface area contributed by atoms with Gasteiger partial charge in [0.25, 0.3) is 0 Å². The van der Waals surface area contributed by atoms with Crippen molar-refractivity contribution in [2.75, 3.05) is 26.7 Å². The fourth-order valence-corrected chi connectivity index (χ4v) is 3.14. The highest BCUT2D eigenvalue weighted by Crippen LogP contribution is 2.23. The minimum atomic E-state index is -0.535. The monoisotopic (exact) mass is 311 g/mol. The molecule has 22 heavy (non-hydrogen) atoms. The lowest BCUT2D eigenvalue weighted by Gasteiger charge is -2.35. The van der Waals surface area contributed by atoms with E-state index in [-0.39, 0.29) is 24.1 Å². The minimum Gasteiger partial charge on any atom is -0.444 e. The van der Waals surface area contributed by atoms with Crippen molar-refractivity contribution in [3.8, 4) is 0 Å². The zero-order chi connectivity index (χ0) is 16.3. The molecule has 1 N–H and O–H groups in total. The highest BCUT2D eigenvalue weighted by atomic mass is 16.6. The van der Waals surface area contributed by atoms with E-state index in [0.717, 1.165) is 38.8 Å². The molecule has 2 aliphatic heterocycles. The van der Waals surface area contributed by atoms with Crippen LogP contribution < -0.4 is 5.32 Å². The number of hydrogen-bond acceptors (Lipinski definition) is 4. The summed E-state index contributed by atoms with van der Waals surface area (Å²) in [6, 6.07) is -0.149. The molecule has 126 valence electrons. The van der Waals surface area contributed by atoms with Gasteiger partial charge >= 0.3 is 6.09 Å². The first-order chi connectivity index (χ1) is 10.3. The highest BCUT2D eigenvalue weighted by molar-refractivity contribution is 5.86. The van der Waals surface area contributed by atoms with Crippen LogP contribution in [0.25, 0.3) is 0 Å². The molecule has 2 rings (SSSR count). The lowest BCUT2D eigenvalue weighted by atomic mass is 10.0. The Bertz CT molecular complexity index is 413. The highest BCUT2D eigenvalue weighted by Gasteiger charge is 2.39. The zero-order valence-corrected chi connectivity index (χ0v) is 14.2. The standard InChI is InChI=1S/C16H29N3O3/c1-16(2,3)22-15(21)19-10-6-8-13(19)14(20)18(4)12-7-5-9-17-11-12/h12-13,17H,5-11H2,1-4H3. The van der Waals surface area contributed by atoms with Gasteiger partial charge in [0.15, 0.2) is 0 Å². The van der Waals surface area contributed by atoms with E-state index >= 15 is 0 Å². The second kappa shape index (κ2) is 6.86. The zero-order valence-electron chi connectivity index (χ0n) is 14.2. The summed E-state index contributed by atoms with van der Waals surface area (Å²) in [5.74, 6) is 0.0389. The molecule has 0 aromatic heterocycles. The molecule has 2 amide bonds. The summed E-state index contributed by atoms with van der Waals surface area (Å²) < 4.78 is 5.43. The Morgan fingerprint density at radius 2 is 1.95 bits per heavy atom.